The fourth-order valence-corrected chi connectivity index (χ4v) is 2.74. The quantitative estimate of drug-likeness (QED) is 0.552. The minimum atomic E-state index is -2.82. The van der Waals surface area contributed by atoms with Crippen LogP contribution in [0.4, 0.5) is 0 Å². The number of carbonyl (C=O) groups is 1. The lowest BCUT2D eigenvalue weighted by Gasteiger charge is -2.31. The highest BCUT2D eigenvalue weighted by Gasteiger charge is 2.36. The van der Waals surface area contributed by atoms with Crippen molar-refractivity contribution in [2.45, 2.75) is 6.04 Å². The number of hydrogen-bond donors (Lipinski definition) is 2. The number of sulfone groups is 1. The summed E-state index contributed by atoms with van der Waals surface area (Å²) in [7, 11) is -2.82. The van der Waals surface area contributed by atoms with Crippen LogP contribution in [0.15, 0.2) is 0 Å². The van der Waals surface area contributed by atoms with Crippen LogP contribution < -0.4 is 10.6 Å². The van der Waals surface area contributed by atoms with E-state index in [9.17, 15) is 13.2 Å². The molecule has 0 radical (unpaired) electrons. The molecule has 2 aliphatic heterocycles. The first-order valence-electron chi connectivity index (χ1n) is 4.28. The van der Waals surface area contributed by atoms with Crippen LogP contribution in [0.25, 0.3) is 0 Å². The van der Waals surface area contributed by atoms with Crippen molar-refractivity contribution < 1.29 is 13.2 Å². The fourth-order valence-electron chi connectivity index (χ4n) is 1.44. The molecule has 2 aliphatic rings. The van der Waals surface area contributed by atoms with Crippen molar-refractivity contribution in [1.82, 2.24) is 10.6 Å². The summed E-state index contributed by atoms with van der Waals surface area (Å²) in [5, 5.41) is 5.70. The standard InChI is InChI=1S/C7H12N2O3S/c10-7(5-1-8-2-5)9-6-3-13(11,12)4-6/h5-6,8H,1-4H2,(H,9,10). The minimum absolute atomic E-state index is 0.0151. The molecular formula is C7H12N2O3S. The van der Waals surface area contributed by atoms with E-state index in [0.29, 0.717) is 13.1 Å². The van der Waals surface area contributed by atoms with E-state index in [1.807, 2.05) is 0 Å². The Kier molecular flexibility index (Phi) is 2.03. The van der Waals surface area contributed by atoms with Crippen molar-refractivity contribution in [2.75, 3.05) is 24.6 Å². The molecule has 1 amide bonds. The zero-order chi connectivity index (χ0) is 9.47. The molecule has 0 saturated carbocycles. The number of carbonyl (C=O) groups excluding carboxylic acids is 1. The summed E-state index contributed by atoms with van der Waals surface area (Å²) in [6, 6.07) is -0.141. The van der Waals surface area contributed by atoms with E-state index in [0.717, 1.165) is 0 Å². The van der Waals surface area contributed by atoms with E-state index in [1.54, 1.807) is 0 Å². The highest BCUT2D eigenvalue weighted by Crippen LogP contribution is 2.11. The topological polar surface area (TPSA) is 75.3 Å². The third kappa shape index (κ3) is 1.83. The average Bonchev–Trinajstić information content (AvgIpc) is 1.77. The van der Waals surface area contributed by atoms with Crippen molar-refractivity contribution in [3.05, 3.63) is 0 Å². The predicted octanol–water partition coefficient (Wildman–Crippen LogP) is -1.88. The van der Waals surface area contributed by atoms with Gasteiger partial charge < -0.3 is 10.6 Å². The molecule has 0 unspecified atom stereocenters. The maximum atomic E-state index is 11.3. The molecule has 2 rings (SSSR count). The fraction of sp³-hybridized carbons (Fsp3) is 0.857. The smallest absolute Gasteiger partial charge is 0.225 e. The first kappa shape index (κ1) is 8.96. The normalized spacial score (nSPS) is 27.4. The summed E-state index contributed by atoms with van der Waals surface area (Å²) in [5.41, 5.74) is 0. The Hall–Kier alpha value is -0.620. The zero-order valence-corrected chi connectivity index (χ0v) is 7.93. The van der Waals surface area contributed by atoms with Gasteiger partial charge in [0.2, 0.25) is 5.91 Å². The number of rotatable bonds is 2. The third-order valence-corrected chi connectivity index (χ3v) is 4.23. The summed E-state index contributed by atoms with van der Waals surface area (Å²) in [4.78, 5) is 11.3. The number of amides is 1. The van der Waals surface area contributed by atoms with Crippen LogP contribution in [0.2, 0.25) is 0 Å². The lowest BCUT2D eigenvalue weighted by atomic mass is 10.0. The Morgan fingerprint density at radius 3 is 2.31 bits per heavy atom. The molecule has 5 nitrogen and oxygen atoms in total. The van der Waals surface area contributed by atoms with Crippen LogP contribution in [0.1, 0.15) is 0 Å². The maximum absolute atomic E-state index is 11.3. The van der Waals surface area contributed by atoms with Gasteiger partial charge in [-0.25, -0.2) is 8.42 Å². The van der Waals surface area contributed by atoms with Gasteiger partial charge in [0, 0.05) is 13.1 Å². The average molecular weight is 204 g/mol. The molecule has 0 spiro atoms. The lowest BCUT2D eigenvalue weighted by molar-refractivity contribution is -0.126. The van der Waals surface area contributed by atoms with E-state index in [4.69, 9.17) is 0 Å². The molecule has 0 aromatic heterocycles. The van der Waals surface area contributed by atoms with Crippen molar-refractivity contribution in [3.8, 4) is 0 Å². The van der Waals surface area contributed by atoms with Crippen LogP contribution >= 0.6 is 0 Å². The van der Waals surface area contributed by atoms with Crippen molar-refractivity contribution in [2.24, 2.45) is 5.92 Å². The second kappa shape index (κ2) is 2.95. The molecular weight excluding hydrogens is 192 g/mol. The monoisotopic (exact) mass is 204 g/mol. The molecule has 0 aromatic rings. The summed E-state index contributed by atoms with van der Waals surface area (Å²) in [5.74, 6) is 0.250. The predicted molar refractivity (Wildman–Crippen MR) is 46.9 cm³/mol. The first-order chi connectivity index (χ1) is 6.07. The van der Waals surface area contributed by atoms with Crippen LogP contribution in [0.3, 0.4) is 0 Å². The van der Waals surface area contributed by atoms with Gasteiger partial charge in [0.1, 0.15) is 0 Å². The largest absolute Gasteiger partial charge is 0.351 e. The molecule has 2 N–H and O–H groups in total. The molecule has 0 aliphatic carbocycles. The number of hydrogen-bond acceptors (Lipinski definition) is 4. The van der Waals surface area contributed by atoms with E-state index >= 15 is 0 Å². The van der Waals surface area contributed by atoms with Crippen LogP contribution in [-0.2, 0) is 14.6 Å². The van der Waals surface area contributed by atoms with Gasteiger partial charge in [-0.3, -0.25) is 4.79 Å². The third-order valence-electron chi connectivity index (χ3n) is 2.41. The van der Waals surface area contributed by atoms with Gasteiger partial charge >= 0.3 is 0 Å². The molecule has 2 heterocycles. The zero-order valence-electron chi connectivity index (χ0n) is 7.12. The van der Waals surface area contributed by atoms with E-state index in [-0.39, 0.29) is 29.4 Å². The Morgan fingerprint density at radius 2 is 1.92 bits per heavy atom. The van der Waals surface area contributed by atoms with Crippen molar-refractivity contribution in [1.29, 1.82) is 0 Å². The van der Waals surface area contributed by atoms with E-state index in [1.165, 1.54) is 0 Å². The van der Waals surface area contributed by atoms with Gasteiger partial charge in [-0.1, -0.05) is 0 Å². The number of nitrogens with one attached hydrogen (secondary N) is 2. The van der Waals surface area contributed by atoms with E-state index in [2.05, 4.69) is 10.6 Å². The Balaban J connectivity index is 1.77. The summed E-state index contributed by atoms with van der Waals surface area (Å²) < 4.78 is 21.5. The molecule has 74 valence electrons. The maximum Gasteiger partial charge on any atom is 0.225 e. The molecule has 0 bridgehead atoms. The highest BCUT2D eigenvalue weighted by atomic mass is 32.2. The second-order valence-corrected chi connectivity index (χ2v) is 5.79. The van der Waals surface area contributed by atoms with Crippen molar-refractivity contribution in [3.63, 3.8) is 0 Å². The van der Waals surface area contributed by atoms with Crippen molar-refractivity contribution >= 4 is 15.7 Å². The highest BCUT2D eigenvalue weighted by molar-refractivity contribution is 7.92. The Bertz CT molecular complexity index is 309. The van der Waals surface area contributed by atoms with Gasteiger partial charge in [-0.2, -0.15) is 0 Å². The summed E-state index contributed by atoms with van der Waals surface area (Å²) in [6.07, 6.45) is 0. The molecule has 6 heteroatoms. The molecule has 13 heavy (non-hydrogen) atoms. The van der Waals surface area contributed by atoms with Gasteiger partial charge in [0.05, 0.1) is 23.5 Å². The second-order valence-electron chi connectivity index (χ2n) is 3.64. The van der Waals surface area contributed by atoms with Crippen LogP contribution in [0, 0.1) is 5.92 Å². The van der Waals surface area contributed by atoms with Gasteiger partial charge in [0.25, 0.3) is 0 Å². The Labute approximate surface area is 76.8 Å². The minimum Gasteiger partial charge on any atom is -0.351 e. The molecule has 2 fully saturated rings. The first-order valence-corrected chi connectivity index (χ1v) is 6.10. The van der Waals surface area contributed by atoms with Crippen LogP contribution in [-0.4, -0.2) is 45.0 Å². The van der Waals surface area contributed by atoms with Gasteiger partial charge in [-0.15, -0.1) is 0 Å². The van der Waals surface area contributed by atoms with Gasteiger partial charge in [-0.05, 0) is 0 Å². The Morgan fingerprint density at radius 1 is 1.31 bits per heavy atom. The van der Waals surface area contributed by atoms with Gasteiger partial charge in [0.15, 0.2) is 9.84 Å². The SMILES string of the molecule is O=C(NC1CS(=O)(=O)C1)C1CNC1. The molecule has 0 atom stereocenters. The summed E-state index contributed by atoms with van der Waals surface area (Å²) in [6.45, 7) is 1.43. The summed E-state index contributed by atoms with van der Waals surface area (Å²) >= 11 is 0. The molecule has 0 aromatic carbocycles. The lowest BCUT2D eigenvalue weighted by Crippen LogP contribution is -2.58. The van der Waals surface area contributed by atoms with Crippen LogP contribution in [0.5, 0.6) is 0 Å². The van der Waals surface area contributed by atoms with E-state index < -0.39 is 9.84 Å². The molecule has 2 saturated heterocycles.